The summed E-state index contributed by atoms with van der Waals surface area (Å²) in [6, 6.07) is 8.26. The summed E-state index contributed by atoms with van der Waals surface area (Å²) in [5.41, 5.74) is 4.40. The average Bonchev–Trinajstić information content (AvgIpc) is 2.61. The lowest BCUT2D eigenvalue weighted by Gasteiger charge is -1.99. The van der Waals surface area contributed by atoms with Crippen LogP contribution >= 0.6 is 15.9 Å². The van der Waals surface area contributed by atoms with Crippen molar-refractivity contribution in [2.45, 2.75) is 19.2 Å². The Kier molecular flexibility index (Phi) is 2.91. The molecule has 0 aliphatic carbocycles. The molecule has 0 atom stereocenters. The fourth-order valence-electron chi connectivity index (χ4n) is 1.48. The van der Waals surface area contributed by atoms with Crippen molar-refractivity contribution in [3.63, 3.8) is 0 Å². The van der Waals surface area contributed by atoms with E-state index in [0.717, 1.165) is 27.9 Å². The second-order valence-electron chi connectivity index (χ2n) is 3.58. The molecule has 2 rings (SSSR count). The molecule has 0 amide bonds. The minimum atomic E-state index is 0.769. The number of aromatic nitrogens is 1. The summed E-state index contributed by atoms with van der Waals surface area (Å²) in [4.78, 5) is 0. The molecule has 0 N–H and O–H groups in total. The number of hydrogen-bond acceptors (Lipinski definition) is 2. The summed E-state index contributed by atoms with van der Waals surface area (Å²) >= 11 is 3.45. The first-order valence-electron chi connectivity index (χ1n) is 4.80. The highest BCUT2D eigenvalue weighted by Crippen LogP contribution is 2.27. The third-order valence-electron chi connectivity index (χ3n) is 2.43. The quantitative estimate of drug-likeness (QED) is 0.771. The van der Waals surface area contributed by atoms with Gasteiger partial charge < -0.3 is 4.52 Å². The monoisotopic (exact) mass is 265 g/mol. The van der Waals surface area contributed by atoms with Crippen molar-refractivity contribution in [2.75, 3.05) is 0 Å². The molecule has 2 nitrogen and oxygen atoms in total. The van der Waals surface area contributed by atoms with Crippen LogP contribution in [0.3, 0.4) is 0 Å². The number of benzene rings is 1. The smallest absolute Gasteiger partial charge is 0.171 e. The maximum atomic E-state index is 5.33. The Balaban J connectivity index is 2.49. The van der Waals surface area contributed by atoms with Crippen LogP contribution in [0.2, 0.25) is 0 Å². The molecular weight excluding hydrogens is 254 g/mol. The number of aryl methyl sites for hydroxylation is 2. The topological polar surface area (TPSA) is 26.0 Å². The Hall–Kier alpha value is -1.09. The lowest BCUT2D eigenvalue weighted by Crippen LogP contribution is -1.83. The summed E-state index contributed by atoms with van der Waals surface area (Å²) in [6.45, 7) is 4.03. The lowest BCUT2D eigenvalue weighted by molar-refractivity contribution is 0.427. The second-order valence-corrected chi connectivity index (χ2v) is 4.14. The summed E-state index contributed by atoms with van der Waals surface area (Å²) in [6.07, 6.45) is 0. The van der Waals surface area contributed by atoms with E-state index < -0.39 is 0 Å². The van der Waals surface area contributed by atoms with Gasteiger partial charge in [0.2, 0.25) is 0 Å². The van der Waals surface area contributed by atoms with E-state index in [0.29, 0.717) is 0 Å². The van der Waals surface area contributed by atoms with E-state index in [4.69, 9.17) is 4.52 Å². The van der Waals surface area contributed by atoms with E-state index in [1.807, 2.05) is 6.92 Å². The highest BCUT2D eigenvalue weighted by molar-refractivity contribution is 9.08. The first kappa shape index (κ1) is 10.4. The van der Waals surface area contributed by atoms with Crippen LogP contribution in [-0.2, 0) is 5.33 Å². The molecule has 1 heterocycles. The van der Waals surface area contributed by atoms with Gasteiger partial charge in [0.1, 0.15) is 0 Å². The molecular formula is C12H12BrNO. The Labute approximate surface area is 97.4 Å². The van der Waals surface area contributed by atoms with E-state index in [1.54, 1.807) is 0 Å². The van der Waals surface area contributed by atoms with Gasteiger partial charge in [0.25, 0.3) is 0 Å². The summed E-state index contributed by atoms with van der Waals surface area (Å²) in [5, 5.41) is 4.75. The van der Waals surface area contributed by atoms with Crippen molar-refractivity contribution < 1.29 is 4.52 Å². The van der Waals surface area contributed by atoms with Crippen molar-refractivity contribution in [1.82, 2.24) is 5.16 Å². The first-order chi connectivity index (χ1) is 7.22. The summed E-state index contributed by atoms with van der Waals surface area (Å²) in [5.74, 6) is 0.865. The fraction of sp³-hybridized carbons (Fsp3) is 0.250. The number of nitrogens with zero attached hydrogens (tertiary/aromatic N) is 1. The predicted octanol–water partition coefficient (Wildman–Crippen LogP) is 3.85. The first-order valence-corrected chi connectivity index (χ1v) is 5.92. The molecule has 0 aliphatic heterocycles. The molecule has 0 spiro atoms. The van der Waals surface area contributed by atoms with E-state index in [9.17, 15) is 0 Å². The van der Waals surface area contributed by atoms with Crippen LogP contribution in [0.5, 0.6) is 0 Å². The van der Waals surface area contributed by atoms with Gasteiger partial charge in [0, 0.05) is 16.5 Å². The number of halogens is 1. The minimum Gasteiger partial charge on any atom is -0.356 e. The standard InChI is InChI=1S/C12H12BrNO/c1-8-3-5-10(6-4-8)12-11(7-13)9(2)14-15-12/h3-6H,7H2,1-2H3. The predicted molar refractivity (Wildman–Crippen MR) is 64.0 cm³/mol. The lowest BCUT2D eigenvalue weighted by atomic mass is 10.1. The molecule has 0 fully saturated rings. The van der Waals surface area contributed by atoms with E-state index in [-0.39, 0.29) is 0 Å². The molecule has 2 aromatic rings. The van der Waals surface area contributed by atoms with Crippen LogP contribution in [0, 0.1) is 13.8 Å². The third-order valence-corrected chi connectivity index (χ3v) is 2.99. The van der Waals surface area contributed by atoms with Crippen LogP contribution in [0.15, 0.2) is 28.8 Å². The molecule has 0 aliphatic rings. The highest BCUT2D eigenvalue weighted by atomic mass is 79.9. The van der Waals surface area contributed by atoms with Crippen molar-refractivity contribution in [1.29, 1.82) is 0 Å². The number of rotatable bonds is 2. The second kappa shape index (κ2) is 4.19. The minimum absolute atomic E-state index is 0.769. The van der Waals surface area contributed by atoms with Crippen molar-refractivity contribution in [3.8, 4) is 11.3 Å². The largest absolute Gasteiger partial charge is 0.356 e. The molecule has 0 bridgehead atoms. The van der Waals surface area contributed by atoms with Crippen LogP contribution in [0.25, 0.3) is 11.3 Å². The zero-order valence-corrected chi connectivity index (χ0v) is 10.3. The molecule has 1 aromatic heterocycles. The van der Waals surface area contributed by atoms with Gasteiger partial charge in [0.05, 0.1) is 5.69 Å². The van der Waals surface area contributed by atoms with Gasteiger partial charge in [-0.2, -0.15) is 0 Å². The van der Waals surface area contributed by atoms with E-state index in [1.165, 1.54) is 5.56 Å². The molecule has 78 valence electrons. The highest BCUT2D eigenvalue weighted by Gasteiger charge is 2.13. The van der Waals surface area contributed by atoms with Crippen molar-refractivity contribution >= 4 is 15.9 Å². The third kappa shape index (κ3) is 1.97. The maximum Gasteiger partial charge on any atom is 0.171 e. The Morgan fingerprint density at radius 1 is 1.20 bits per heavy atom. The average molecular weight is 266 g/mol. The molecule has 1 aromatic carbocycles. The van der Waals surface area contributed by atoms with Gasteiger partial charge in [-0.1, -0.05) is 50.9 Å². The SMILES string of the molecule is Cc1ccc(-c2onc(C)c2CBr)cc1. The van der Waals surface area contributed by atoms with Crippen LogP contribution in [-0.4, -0.2) is 5.16 Å². The molecule has 0 saturated carbocycles. The molecule has 0 radical (unpaired) electrons. The fourth-order valence-corrected chi connectivity index (χ4v) is 2.14. The van der Waals surface area contributed by atoms with Crippen molar-refractivity contribution in [3.05, 3.63) is 41.1 Å². The van der Waals surface area contributed by atoms with Gasteiger partial charge in [-0.15, -0.1) is 0 Å². The summed E-state index contributed by atoms with van der Waals surface area (Å²) < 4.78 is 5.33. The van der Waals surface area contributed by atoms with Crippen molar-refractivity contribution in [2.24, 2.45) is 0 Å². The maximum absolute atomic E-state index is 5.33. The van der Waals surface area contributed by atoms with Gasteiger partial charge in [-0.05, 0) is 13.8 Å². The molecule has 15 heavy (non-hydrogen) atoms. The van der Waals surface area contributed by atoms with Gasteiger partial charge in [0.15, 0.2) is 5.76 Å². The molecule has 0 unspecified atom stereocenters. The van der Waals surface area contributed by atoms with Gasteiger partial charge in [-0.25, -0.2) is 0 Å². The Morgan fingerprint density at radius 2 is 1.87 bits per heavy atom. The van der Waals surface area contributed by atoms with E-state index in [2.05, 4.69) is 52.3 Å². The Bertz CT molecular complexity index is 459. The molecule has 0 saturated heterocycles. The van der Waals surface area contributed by atoms with Crippen LogP contribution in [0.4, 0.5) is 0 Å². The number of alkyl halides is 1. The zero-order valence-electron chi connectivity index (χ0n) is 8.75. The normalized spacial score (nSPS) is 10.6. The molecule has 3 heteroatoms. The Morgan fingerprint density at radius 3 is 2.47 bits per heavy atom. The van der Waals surface area contributed by atoms with Crippen LogP contribution < -0.4 is 0 Å². The van der Waals surface area contributed by atoms with Gasteiger partial charge in [-0.3, -0.25) is 0 Å². The number of hydrogen-bond donors (Lipinski definition) is 0. The van der Waals surface area contributed by atoms with Gasteiger partial charge >= 0.3 is 0 Å². The van der Waals surface area contributed by atoms with E-state index >= 15 is 0 Å². The zero-order chi connectivity index (χ0) is 10.8. The summed E-state index contributed by atoms with van der Waals surface area (Å²) in [7, 11) is 0. The van der Waals surface area contributed by atoms with Crippen LogP contribution in [0.1, 0.15) is 16.8 Å².